The Bertz CT molecular complexity index is 577. The van der Waals surface area contributed by atoms with E-state index in [1.54, 1.807) is 0 Å². The minimum atomic E-state index is -0.634. The van der Waals surface area contributed by atoms with Gasteiger partial charge >= 0.3 is 5.88 Å². The van der Waals surface area contributed by atoms with E-state index in [9.17, 15) is 14.5 Å². The van der Waals surface area contributed by atoms with E-state index < -0.39 is 4.92 Å². The summed E-state index contributed by atoms with van der Waals surface area (Å²) in [5, 5.41) is 14.2. The van der Waals surface area contributed by atoms with E-state index in [1.165, 1.54) is 42.6 Å². The number of nitro groups is 1. The molecule has 92 valence electrons. The summed E-state index contributed by atoms with van der Waals surface area (Å²) in [6.07, 6.45) is 1.29. The molecule has 2 aromatic rings. The van der Waals surface area contributed by atoms with Gasteiger partial charge in [0.25, 0.3) is 0 Å². The highest BCUT2D eigenvalue weighted by Gasteiger charge is 2.09. The number of hydrogen-bond acceptors (Lipinski definition) is 5. The molecule has 0 unspecified atom stereocenters. The minimum Gasteiger partial charge on any atom is -0.400 e. The summed E-state index contributed by atoms with van der Waals surface area (Å²) in [6.45, 7) is 0. The van der Waals surface area contributed by atoms with E-state index in [-0.39, 0.29) is 17.5 Å². The summed E-state index contributed by atoms with van der Waals surface area (Å²) >= 11 is 0. The standard InChI is InChI=1S/C11H8FN3O3/c12-8-1-3-9(4-2-8)14-13-7-10-5-6-11(18-10)15(16)17/h1-7,14H/b13-7-. The second kappa shape index (κ2) is 5.09. The molecule has 0 aliphatic rings. The highest BCUT2D eigenvalue weighted by Crippen LogP contribution is 2.14. The van der Waals surface area contributed by atoms with E-state index in [1.807, 2.05) is 0 Å². The maximum Gasteiger partial charge on any atom is 0.433 e. The Morgan fingerprint density at radius 1 is 1.28 bits per heavy atom. The molecule has 0 saturated carbocycles. The Kier molecular flexibility index (Phi) is 3.33. The molecule has 1 N–H and O–H groups in total. The zero-order valence-electron chi connectivity index (χ0n) is 9.04. The van der Waals surface area contributed by atoms with Crippen LogP contribution in [-0.4, -0.2) is 11.1 Å². The van der Waals surface area contributed by atoms with Crippen LogP contribution in [0.15, 0.2) is 45.9 Å². The molecule has 0 radical (unpaired) electrons. The molecule has 1 aromatic carbocycles. The van der Waals surface area contributed by atoms with E-state index >= 15 is 0 Å². The number of halogens is 1. The number of nitrogens with zero attached hydrogens (tertiary/aromatic N) is 2. The fourth-order valence-corrected chi connectivity index (χ4v) is 1.20. The lowest BCUT2D eigenvalue weighted by molar-refractivity contribution is -0.402. The minimum absolute atomic E-state index is 0.247. The number of benzene rings is 1. The fourth-order valence-electron chi connectivity index (χ4n) is 1.20. The van der Waals surface area contributed by atoms with Crippen molar-refractivity contribution >= 4 is 17.8 Å². The SMILES string of the molecule is O=[N+]([O-])c1ccc(/C=N\Nc2ccc(F)cc2)o1. The smallest absolute Gasteiger partial charge is 0.400 e. The summed E-state index contributed by atoms with van der Waals surface area (Å²) in [6, 6.07) is 8.26. The monoisotopic (exact) mass is 249 g/mol. The van der Waals surface area contributed by atoms with Crippen LogP contribution in [0.3, 0.4) is 0 Å². The fraction of sp³-hybridized carbons (Fsp3) is 0. The molecule has 0 saturated heterocycles. The van der Waals surface area contributed by atoms with Gasteiger partial charge < -0.3 is 4.42 Å². The molecule has 0 bridgehead atoms. The first-order valence-electron chi connectivity index (χ1n) is 4.94. The van der Waals surface area contributed by atoms with Crippen molar-refractivity contribution in [1.29, 1.82) is 0 Å². The van der Waals surface area contributed by atoms with Crippen LogP contribution in [0.2, 0.25) is 0 Å². The third kappa shape index (κ3) is 2.91. The number of hydrazone groups is 1. The van der Waals surface area contributed by atoms with Gasteiger partial charge in [-0.05, 0) is 30.3 Å². The largest absolute Gasteiger partial charge is 0.433 e. The molecule has 0 fully saturated rings. The Morgan fingerprint density at radius 3 is 2.61 bits per heavy atom. The van der Waals surface area contributed by atoms with Crippen LogP contribution in [0.1, 0.15) is 5.76 Å². The van der Waals surface area contributed by atoms with Gasteiger partial charge in [-0.3, -0.25) is 15.5 Å². The topological polar surface area (TPSA) is 80.7 Å². The highest BCUT2D eigenvalue weighted by molar-refractivity contribution is 5.77. The molecule has 0 spiro atoms. The molecule has 0 aliphatic carbocycles. The van der Waals surface area contributed by atoms with Gasteiger partial charge in [0.05, 0.1) is 18.0 Å². The van der Waals surface area contributed by atoms with Crippen LogP contribution in [-0.2, 0) is 0 Å². The number of rotatable bonds is 4. The molecule has 0 atom stereocenters. The number of nitrogens with one attached hydrogen (secondary N) is 1. The van der Waals surface area contributed by atoms with Crippen molar-refractivity contribution in [2.24, 2.45) is 5.10 Å². The van der Waals surface area contributed by atoms with Crippen molar-refractivity contribution in [3.05, 3.63) is 58.1 Å². The van der Waals surface area contributed by atoms with Crippen LogP contribution < -0.4 is 5.43 Å². The van der Waals surface area contributed by atoms with Gasteiger partial charge in [0.15, 0.2) is 5.76 Å². The van der Waals surface area contributed by atoms with E-state index in [2.05, 4.69) is 10.5 Å². The van der Waals surface area contributed by atoms with Crippen molar-refractivity contribution < 1.29 is 13.7 Å². The lowest BCUT2D eigenvalue weighted by Crippen LogP contribution is -1.89. The molecular weight excluding hydrogens is 241 g/mol. The maximum absolute atomic E-state index is 12.6. The normalized spacial score (nSPS) is 10.7. The van der Waals surface area contributed by atoms with Crippen LogP contribution in [0, 0.1) is 15.9 Å². The molecule has 0 aliphatic heterocycles. The molecule has 7 heteroatoms. The summed E-state index contributed by atoms with van der Waals surface area (Å²) < 4.78 is 17.5. The van der Waals surface area contributed by atoms with Crippen LogP contribution >= 0.6 is 0 Å². The second-order valence-corrected chi connectivity index (χ2v) is 3.31. The van der Waals surface area contributed by atoms with Gasteiger partial charge in [0.2, 0.25) is 0 Å². The molecule has 2 rings (SSSR count). The summed E-state index contributed by atoms with van der Waals surface area (Å²) in [7, 11) is 0. The molecule has 18 heavy (non-hydrogen) atoms. The molecule has 6 nitrogen and oxygen atoms in total. The lowest BCUT2D eigenvalue weighted by Gasteiger charge is -1.97. The lowest BCUT2D eigenvalue weighted by atomic mass is 10.3. The Morgan fingerprint density at radius 2 is 2.00 bits per heavy atom. The van der Waals surface area contributed by atoms with E-state index in [0.29, 0.717) is 5.69 Å². The van der Waals surface area contributed by atoms with Gasteiger partial charge in [-0.25, -0.2) is 4.39 Å². The summed E-state index contributed by atoms with van der Waals surface area (Å²) in [5.74, 6) is -0.444. The Hall–Kier alpha value is -2.70. The van der Waals surface area contributed by atoms with Crippen molar-refractivity contribution in [1.82, 2.24) is 0 Å². The first kappa shape index (κ1) is 11.8. The van der Waals surface area contributed by atoms with Gasteiger partial charge in [0, 0.05) is 0 Å². The molecule has 1 heterocycles. The number of anilines is 1. The molecular formula is C11H8FN3O3. The van der Waals surface area contributed by atoms with Gasteiger partial charge in [-0.1, -0.05) is 0 Å². The van der Waals surface area contributed by atoms with Crippen LogP contribution in [0.4, 0.5) is 16.0 Å². The first-order valence-corrected chi connectivity index (χ1v) is 4.94. The number of furan rings is 1. The van der Waals surface area contributed by atoms with Crippen LogP contribution in [0.5, 0.6) is 0 Å². The third-order valence-electron chi connectivity index (χ3n) is 2.02. The van der Waals surface area contributed by atoms with Crippen LogP contribution in [0.25, 0.3) is 0 Å². The van der Waals surface area contributed by atoms with Gasteiger partial charge in [-0.15, -0.1) is 0 Å². The van der Waals surface area contributed by atoms with E-state index in [4.69, 9.17) is 4.42 Å². The quantitative estimate of drug-likeness (QED) is 0.513. The zero-order chi connectivity index (χ0) is 13.0. The maximum atomic E-state index is 12.6. The summed E-state index contributed by atoms with van der Waals surface area (Å²) in [4.78, 5) is 9.72. The van der Waals surface area contributed by atoms with Gasteiger partial charge in [-0.2, -0.15) is 5.10 Å². The second-order valence-electron chi connectivity index (χ2n) is 3.31. The molecule has 0 amide bonds. The van der Waals surface area contributed by atoms with Crippen molar-refractivity contribution in [2.75, 3.05) is 5.43 Å². The number of hydrogen-bond donors (Lipinski definition) is 1. The molecule has 1 aromatic heterocycles. The van der Waals surface area contributed by atoms with Crippen molar-refractivity contribution in [3.63, 3.8) is 0 Å². The van der Waals surface area contributed by atoms with Crippen molar-refractivity contribution in [3.8, 4) is 0 Å². The third-order valence-corrected chi connectivity index (χ3v) is 2.02. The van der Waals surface area contributed by atoms with Crippen molar-refractivity contribution in [2.45, 2.75) is 0 Å². The average Bonchev–Trinajstić information content (AvgIpc) is 2.81. The highest BCUT2D eigenvalue weighted by atomic mass is 19.1. The Labute approximate surface area is 101 Å². The summed E-state index contributed by atoms with van der Waals surface area (Å²) in [5.41, 5.74) is 3.22. The predicted molar refractivity (Wildman–Crippen MR) is 63.0 cm³/mol. The van der Waals surface area contributed by atoms with E-state index in [0.717, 1.165) is 0 Å². The van der Waals surface area contributed by atoms with Gasteiger partial charge in [0.1, 0.15) is 10.7 Å². The Balaban J connectivity index is 1.98. The first-order chi connectivity index (χ1) is 8.65. The predicted octanol–water partition coefficient (Wildman–Crippen LogP) is 2.77. The average molecular weight is 249 g/mol. The zero-order valence-corrected chi connectivity index (χ0v) is 9.04.